The zero-order valence-electron chi connectivity index (χ0n) is 12.2. The molecule has 22 heavy (non-hydrogen) atoms. The third-order valence-corrected chi connectivity index (χ3v) is 3.27. The van der Waals surface area contributed by atoms with Gasteiger partial charge in [0, 0.05) is 20.3 Å². The van der Waals surface area contributed by atoms with Gasteiger partial charge in [0.25, 0.3) is 11.5 Å². The van der Waals surface area contributed by atoms with E-state index in [9.17, 15) is 19.2 Å². The maximum absolute atomic E-state index is 12.1. The number of aryl methyl sites for hydroxylation is 1. The van der Waals surface area contributed by atoms with E-state index in [0.717, 1.165) is 4.57 Å². The van der Waals surface area contributed by atoms with Crippen LogP contribution in [-0.4, -0.2) is 37.1 Å². The van der Waals surface area contributed by atoms with E-state index in [1.165, 1.54) is 37.8 Å². The van der Waals surface area contributed by atoms with Gasteiger partial charge in [0.2, 0.25) is 0 Å². The summed E-state index contributed by atoms with van der Waals surface area (Å²) in [5.74, 6) is -1.85. The summed E-state index contributed by atoms with van der Waals surface area (Å²) in [5, 5.41) is 11.1. The summed E-state index contributed by atoms with van der Waals surface area (Å²) < 4.78 is 2.10. The number of rotatable bonds is 3. The predicted octanol–water partition coefficient (Wildman–Crippen LogP) is -1.16. The first-order valence-electron chi connectivity index (χ1n) is 6.33. The van der Waals surface area contributed by atoms with Crippen LogP contribution in [0.15, 0.2) is 21.9 Å². The number of carbonyl (C=O) groups excluding carboxylic acids is 1. The number of hydrogen-bond acceptors (Lipinski definition) is 5. The van der Waals surface area contributed by atoms with Crippen LogP contribution < -0.4 is 16.6 Å². The van der Waals surface area contributed by atoms with Gasteiger partial charge in [0.1, 0.15) is 11.7 Å². The molecular formula is C13H14N4O5. The maximum atomic E-state index is 12.1. The lowest BCUT2D eigenvalue weighted by Crippen LogP contribution is -2.39. The zero-order valence-corrected chi connectivity index (χ0v) is 12.2. The fourth-order valence-electron chi connectivity index (χ4n) is 1.93. The van der Waals surface area contributed by atoms with E-state index in [4.69, 9.17) is 5.11 Å². The minimum absolute atomic E-state index is 0.0383. The van der Waals surface area contributed by atoms with E-state index in [-0.39, 0.29) is 16.6 Å². The number of carboxylic acid groups (broad SMARTS) is 1. The van der Waals surface area contributed by atoms with Crippen LogP contribution in [0.4, 0.5) is 0 Å². The molecule has 0 saturated heterocycles. The molecule has 2 aromatic heterocycles. The Morgan fingerprint density at radius 3 is 2.50 bits per heavy atom. The van der Waals surface area contributed by atoms with E-state index in [0.29, 0.717) is 0 Å². The Morgan fingerprint density at radius 1 is 1.27 bits per heavy atom. The number of aliphatic carboxylic acids is 1. The molecule has 2 heterocycles. The summed E-state index contributed by atoms with van der Waals surface area (Å²) >= 11 is 0. The second-order valence-electron chi connectivity index (χ2n) is 4.83. The van der Waals surface area contributed by atoms with Crippen LogP contribution >= 0.6 is 0 Å². The van der Waals surface area contributed by atoms with Gasteiger partial charge in [-0.3, -0.25) is 23.5 Å². The van der Waals surface area contributed by atoms with Crippen molar-refractivity contribution in [2.45, 2.75) is 13.0 Å². The summed E-state index contributed by atoms with van der Waals surface area (Å²) in [6.07, 6.45) is 1.19. The van der Waals surface area contributed by atoms with Crippen molar-refractivity contribution in [2.24, 2.45) is 14.1 Å². The van der Waals surface area contributed by atoms with E-state index in [2.05, 4.69) is 10.3 Å². The quantitative estimate of drug-likeness (QED) is 0.737. The number of fused-ring (bicyclic) bond motifs is 1. The molecule has 0 saturated carbocycles. The highest BCUT2D eigenvalue weighted by Gasteiger charge is 2.17. The molecule has 1 atom stereocenters. The fourth-order valence-corrected chi connectivity index (χ4v) is 1.93. The maximum Gasteiger partial charge on any atom is 0.332 e. The second-order valence-corrected chi connectivity index (χ2v) is 4.83. The van der Waals surface area contributed by atoms with Crippen molar-refractivity contribution in [3.63, 3.8) is 0 Å². The van der Waals surface area contributed by atoms with Gasteiger partial charge in [0.15, 0.2) is 0 Å². The molecule has 0 spiro atoms. The average molecular weight is 306 g/mol. The number of amides is 1. The van der Waals surface area contributed by atoms with Crippen molar-refractivity contribution in [2.75, 3.05) is 0 Å². The van der Waals surface area contributed by atoms with Crippen LogP contribution in [0.25, 0.3) is 11.0 Å². The van der Waals surface area contributed by atoms with Crippen molar-refractivity contribution in [1.82, 2.24) is 19.4 Å². The summed E-state index contributed by atoms with van der Waals surface area (Å²) in [6.45, 7) is 1.32. The summed E-state index contributed by atoms with van der Waals surface area (Å²) in [5.41, 5.74) is -0.916. The third kappa shape index (κ3) is 2.48. The number of carboxylic acids is 1. The molecule has 0 fully saturated rings. The number of nitrogens with one attached hydrogen (secondary N) is 1. The number of aromatic nitrogens is 3. The molecule has 9 heteroatoms. The number of hydrogen-bond donors (Lipinski definition) is 2. The first kappa shape index (κ1) is 15.4. The van der Waals surface area contributed by atoms with Gasteiger partial charge in [-0.2, -0.15) is 0 Å². The molecule has 2 N–H and O–H groups in total. The van der Waals surface area contributed by atoms with Crippen LogP contribution in [0.5, 0.6) is 0 Å². The molecule has 2 rings (SSSR count). The number of nitrogens with zero attached hydrogens (tertiary/aromatic N) is 3. The van der Waals surface area contributed by atoms with Gasteiger partial charge in [-0.05, 0) is 13.0 Å². The summed E-state index contributed by atoms with van der Waals surface area (Å²) in [7, 11) is 2.78. The standard InChI is InChI=1S/C13H14N4O5/c1-6(12(20)21)15-10(18)7-4-8-9(14-5-7)16(2)13(22)17(3)11(8)19/h4-6H,1-3H3,(H,15,18)(H,20,21)/t6-/m1/s1. The Hall–Kier alpha value is -2.97. The molecule has 0 bridgehead atoms. The second kappa shape index (κ2) is 5.43. The summed E-state index contributed by atoms with van der Waals surface area (Å²) in [4.78, 5) is 50.5. The topological polar surface area (TPSA) is 123 Å². The first-order valence-corrected chi connectivity index (χ1v) is 6.33. The van der Waals surface area contributed by atoms with E-state index >= 15 is 0 Å². The van der Waals surface area contributed by atoms with Crippen molar-refractivity contribution in [1.29, 1.82) is 0 Å². The Kier molecular flexibility index (Phi) is 3.81. The predicted molar refractivity (Wildman–Crippen MR) is 76.8 cm³/mol. The van der Waals surface area contributed by atoms with Gasteiger partial charge in [-0.1, -0.05) is 0 Å². The molecule has 0 aliphatic carbocycles. The Labute approximate surface area is 123 Å². The molecule has 0 aromatic carbocycles. The molecule has 1 amide bonds. The van der Waals surface area contributed by atoms with Gasteiger partial charge in [0.05, 0.1) is 10.9 Å². The van der Waals surface area contributed by atoms with Crippen LogP contribution in [0, 0.1) is 0 Å². The molecule has 0 unspecified atom stereocenters. The Morgan fingerprint density at radius 2 is 1.91 bits per heavy atom. The normalized spacial score (nSPS) is 12.1. The van der Waals surface area contributed by atoms with E-state index < -0.39 is 29.2 Å². The minimum atomic E-state index is -1.18. The van der Waals surface area contributed by atoms with Crippen molar-refractivity contribution in [3.8, 4) is 0 Å². The lowest BCUT2D eigenvalue weighted by atomic mass is 10.2. The number of pyridine rings is 1. The SMILES string of the molecule is C[C@@H](NC(=O)c1cnc2c(c1)c(=O)n(C)c(=O)n2C)C(=O)O. The van der Waals surface area contributed by atoms with E-state index in [1.807, 2.05) is 0 Å². The third-order valence-electron chi connectivity index (χ3n) is 3.27. The highest BCUT2D eigenvalue weighted by molar-refractivity contribution is 5.98. The molecule has 9 nitrogen and oxygen atoms in total. The molecule has 116 valence electrons. The Bertz CT molecular complexity index is 896. The van der Waals surface area contributed by atoms with Crippen molar-refractivity contribution in [3.05, 3.63) is 38.7 Å². The van der Waals surface area contributed by atoms with Crippen LogP contribution in [0.2, 0.25) is 0 Å². The smallest absolute Gasteiger partial charge is 0.332 e. The highest BCUT2D eigenvalue weighted by Crippen LogP contribution is 2.07. The monoisotopic (exact) mass is 306 g/mol. The fraction of sp³-hybridized carbons (Fsp3) is 0.308. The van der Waals surface area contributed by atoms with Gasteiger partial charge in [-0.25, -0.2) is 9.78 Å². The lowest BCUT2D eigenvalue weighted by molar-refractivity contribution is -0.138. The minimum Gasteiger partial charge on any atom is -0.480 e. The van der Waals surface area contributed by atoms with Crippen molar-refractivity contribution < 1.29 is 14.7 Å². The zero-order chi connectivity index (χ0) is 16.6. The molecule has 0 aliphatic heterocycles. The molecule has 0 aliphatic rings. The van der Waals surface area contributed by atoms with Crippen LogP contribution in [-0.2, 0) is 18.9 Å². The number of carbonyl (C=O) groups is 2. The van der Waals surface area contributed by atoms with E-state index in [1.54, 1.807) is 0 Å². The van der Waals surface area contributed by atoms with Gasteiger partial charge < -0.3 is 10.4 Å². The first-order chi connectivity index (χ1) is 10.2. The van der Waals surface area contributed by atoms with Crippen molar-refractivity contribution >= 4 is 22.9 Å². The van der Waals surface area contributed by atoms with Crippen LogP contribution in [0.1, 0.15) is 17.3 Å². The van der Waals surface area contributed by atoms with Gasteiger partial charge >= 0.3 is 11.7 Å². The Balaban J connectivity index is 2.56. The van der Waals surface area contributed by atoms with Crippen LogP contribution in [0.3, 0.4) is 0 Å². The largest absolute Gasteiger partial charge is 0.480 e. The molecule has 2 aromatic rings. The average Bonchev–Trinajstić information content (AvgIpc) is 2.49. The lowest BCUT2D eigenvalue weighted by Gasteiger charge is -2.10. The molecule has 0 radical (unpaired) electrons. The summed E-state index contributed by atoms with van der Waals surface area (Å²) in [6, 6.07) is 0.208. The van der Waals surface area contributed by atoms with Gasteiger partial charge in [-0.15, -0.1) is 0 Å². The molecular weight excluding hydrogens is 292 g/mol. The highest BCUT2D eigenvalue weighted by atomic mass is 16.4.